The third kappa shape index (κ3) is 2.18. The van der Waals surface area contributed by atoms with Crippen molar-refractivity contribution in [2.75, 3.05) is 0 Å². The van der Waals surface area contributed by atoms with Crippen LogP contribution in [0.15, 0.2) is 14.3 Å². The number of Topliss-reactive ketones (excluding diaryl/α,β-unsaturated/α-hetero) is 1. The SMILES string of the molecule is CC(C)C(=O)c1cc(Br)c(Br)s1. The summed E-state index contributed by atoms with van der Waals surface area (Å²) in [7, 11) is 0. The van der Waals surface area contributed by atoms with Gasteiger partial charge in [-0.3, -0.25) is 4.79 Å². The van der Waals surface area contributed by atoms with Gasteiger partial charge in [0.1, 0.15) is 0 Å². The van der Waals surface area contributed by atoms with Crippen molar-refractivity contribution in [3.05, 3.63) is 19.2 Å². The Morgan fingerprint density at radius 1 is 1.50 bits per heavy atom. The molecule has 0 spiro atoms. The van der Waals surface area contributed by atoms with Crippen molar-refractivity contribution < 1.29 is 4.79 Å². The molecule has 0 saturated carbocycles. The second-order valence-electron chi connectivity index (χ2n) is 2.75. The number of hydrogen-bond acceptors (Lipinski definition) is 2. The molecule has 1 rings (SSSR count). The molecule has 0 aliphatic rings. The zero-order valence-corrected chi connectivity index (χ0v) is 10.7. The van der Waals surface area contributed by atoms with E-state index in [4.69, 9.17) is 0 Å². The van der Waals surface area contributed by atoms with E-state index >= 15 is 0 Å². The minimum atomic E-state index is 0.0717. The molecule has 4 heteroatoms. The standard InChI is InChI=1S/C8H8Br2OS/c1-4(2)7(11)6-3-5(9)8(10)12-6/h3-4H,1-2H3. The summed E-state index contributed by atoms with van der Waals surface area (Å²) in [5.41, 5.74) is 0. The number of carbonyl (C=O) groups is 1. The van der Waals surface area contributed by atoms with Gasteiger partial charge in [-0.05, 0) is 37.9 Å². The van der Waals surface area contributed by atoms with E-state index in [9.17, 15) is 4.79 Å². The van der Waals surface area contributed by atoms with Gasteiger partial charge in [-0.2, -0.15) is 0 Å². The van der Waals surface area contributed by atoms with Crippen molar-refractivity contribution >= 4 is 49.0 Å². The average Bonchev–Trinajstić information content (AvgIpc) is 2.30. The van der Waals surface area contributed by atoms with Crippen LogP contribution in [0.2, 0.25) is 0 Å². The monoisotopic (exact) mass is 310 g/mol. The van der Waals surface area contributed by atoms with Crippen LogP contribution in [-0.4, -0.2) is 5.78 Å². The molecule has 1 aromatic heterocycles. The molecular formula is C8H8Br2OS. The normalized spacial score (nSPS) is 10.8. The molecule has 0 atom stereocenters. The molecule has 1 nitrogen and oxygen atoms in total. The molecule has 1 heterocycles. The molecule has 0 aliphatic carbocycles. The van der Waals surface area contributed by atoms with E-state index in [0.717, 1.165) is 13.1 Å². The second kappa shape index (κ2) is 4.03. The summed E-state index contributed by atoms with van der Waals surface area (Å²) in [5, 5.41) is 0. The van der Waals surface area contributed by atoms with E-state index < -0.39 is 0 Å². The molecule has 0 amide bonds. The highest BCUT2D eigenvalue weighted by Crippen LogP contribution is 2.33. The van der Waals surface area contributed by atoms with Gasteiger partial charge in [-0.1, -0.05) is 13.8 Å². The van der Waals surface area contributed by atoms with E-state index in [1.54, 1.807) is 0 Å². The van der Waals surface area contributed by atoms with Crippen LogP contribution in [0, 0.1) is 5.92 Å². The fourth-order valence-corrected chi connectivity index (χ4v) is 2.88. The zero-order chi connectivity index (χ0) is 9.30. The Hall–Kier alpha value is 0.330. The second-order valence-corrected chi connectivity index (χ2v) is 5.98. The van der Waals surface area contributed by atoms with Crippen molar-refractivity contribution in [1.82, 2.24) is 0 Å². The van der Waals surface area contributed by atoms with Crippen molar-refractivity contribution in [2.24, 2.45) is 5.92 Å². The predicted molar refractivity (Wildman–Crippen MR) is 58.9 cm³/mol. The minimum absolute atomic E-state index is 0.0717. The summed E-state index contributed by atoms with van der Waals surface area (Å²) in [6, 6.07) is 1.86. The Morgan fingerprint density at radius 2 is 2.08 bits per heavy atom. The zero-order valence-electron chi connectivity index (χ0n) is 6.73. The molecule has 12 heavy (non-hydrogen) atoms. The van der Waals surface area contributed by atoms with Crippen LogP contribution in [0.1, 0.15) is 23.5 Å². The van der Waals surface area contributed by atoms with E-state index in [1.165, 1.54) is 11.3 Å². The van der Waals surface area contributed by atoms with Crippen LogP contribution in [0.3, 0.4) is 0 Å². The molecule has 66 valence electrons. The predicted octanol–water partition coefficient (Wildman–Crippen LogP) is 4.11. The number of rotatable bonds is 2. The molecular weight excluding hydrogens is 304 g/mol. The van der Waals surface area contributed by atoms with Crippen LogP contribution in [-0.2, 0) is 0 Å². The summed E-state index contributed by atoms with van der Waals surface area (Å²) < 4.78 is 1.93. The number of carbonyl (C=O) groups excluding carboxylic acids is 1. The molecule has 0 N–H and O–H groups in total. The highest BCUT2D eigenvalue weighted by Gasteiger charge is 2.14. The summed E-state index contributed by atoms with van der Waals surface area (Å²) >= 11 is 8.17. The molecule has 0 bridgehead atoms. The topological polar surface area (TPSA) is 17.1 Å². The van der Waals surface area contributed by atoms with Crippen molar-refractivity contribution in [3.8, 4) is 0 Å². The van der Waals surface area contributed by atoms with Gasteiger partial charge in [-0.25, -0.2) is 0 Å². The van der Waals surface area contributed by atoms with Crippen molar-refractivity contribution in [1.29, 1.82) is 0 Å². The maximum atomic E-state index is 11.5. The Balaban J connectivity index is 2.97. The lowest BCUT2D eigenvalue weighted by molar-refractivity contribution is 0.0943. The largest absolute Gasteiger partial charge is 0.293 e. The summed E-state index contributed by atoms with van der Waals surface area (Å²) in [6.45, 7) is 3.81. The van der Waals surface area contributed by atoms with Gasteiger partial charge in [0.2, 0.25) is 0 Å². The van der Waals surface area contributed by atoms with Gasteiger partial charge in [0.05, 0.1) is 8.66 Å². The fraction of sp³-hybridized carbons (Fsp3) is 0.375. The molecule has 0 unspecified atom stereocenters. The first kappa shape index (κ1) is 10.4. The van der Waals surface area contributed by atoms with Crippen LogP contribution in [0.5, 0.6) is 0 Å². The van der Waals surface area contributed by atoms with Gasteiger partial charge in [-0.15, -0.1) is 11.3 Å². The number of ketones is 1. The first-order valence-corrected chi connectivity index (χ1v) is 5.91. The first-order chi connectivity index (χ1) is 5.52. The first-order valence-electron chi connectivity index (χ1n) is 3.51. The van der Waals surface area contributed by atoms with Crippen molar-refractivity contribution in [3.63, 3.8) is 0 Å². The van der Waals surface area contributed by atoms with E-state index in [2.05, 4.69) is 31.9 Å². The maximum absolute atomic E-state index is 11.5. The lowest BCUT2D eigenvalue weighted by atomic mass is 10.1. The smallest absolute Gasteiger partial charge is 0.175 e. The summed E-state index contributed by atoms with van der Waals surface area (Å²) in [4.78, 5) is 12.3. The average molecular weight is 312 g/mol. The highest BCUT2D eigenvalue weighted by atomic mass is 79.9. The molecule has 0 aromatic carbocycles. The third-order valence-corrected chi connectivity index (χ3v) is 4.68. The van der Waals surface area contributed by atoms with Gasteiger partial charge in [0.15, 0.2) is 5.78 Å². The number of halogens is 2. The van der Waals surface area contributed by atoms with Gasteiger partial charge < -0.3 is 0 Å². The molecule has 0 aliphatic heterocycles. The maximum Gasteiger partial charge on any atom is 0.175 e. The lowest BCUT2D eigenvalue weighted by Crippen LogP contribution is -2.04. The Morgan fingerprint density at radius 3 is 2.42 bits per heavy atom. The van der Waals surface area contributed by atoms with Crippen LogP contribution in [0.4, 0.5) is 0 Å². The van der Waals surface area contributed by atoms with E-state index in [0.29, 0.717) is 0 Å². The van der Waals surface area contributed by atoms with E-state index in [1.807, 2.05) is 19.9 Å². The third-order valence-electron chi connectivity index (χ3n) is 1.41. The van der Waals surface area contributed by atoms with Crippen LogP contribution >= 0.6 is 43.2 Å². The fourth-order valence-electron chi connectivity index (χ4n) is 0.753. The Bertz CT molecular complexity index is 285. The Labute approximate surface area is 92.4 Å². The molecule has 0 fully saturated rings. The number of hydrogen-bond donors (Lipinski definition) is 0. The minimum Gasteiger partial charge on any atom is -0.293 e. The lowest BCUT2D eigenvalue weighted by Gasteiger charge is -1.98. The highest BCUT2D eigenvalue weighted by molar-refractivity contribution is 9.13. The van der Waals surface area contributed by atoms with Gasteiger partial charge >= 0.3 is 0 Å². The number of thiophene rings is 1. The Kier molecular flexibility index (Phi) is 3.49. The van der Waals surface area contributed by atoms with Crippen LogP contribution in [0.25, 0.3) is 0 Å². The summed E-state index contributed by atoms with van der Waals surface area (Å²) in [5.74, 6) is 0.272. The molecule has 1 aromatic rings. The molecule has 0 saturated heterocycles. The van der Waals surface area contributed by atoms with Crippen LogP contribution < -0.4 is 0 Å². The molecule has 0 radical (unpaired) electrons. The van der Waals surface area contributed by atoms with Gasteiger partial charge in [0.25, 0.3) is 0 Å². The van der Waals surface area contributed by atoms with Crippen molar-refractivity contribution in [2.45, 2.75) is 13.8 Å². The van der Waals surface area contributed by atoms with Gasteiger partial charge in [0, 0.05) is 10.4 Å². The quantitative estimate of drug-likeness (QED) is 0.751. The summed E-state index contributed by atoms with van der Waals surface area (Å²) in [6.07, 6.45) is 0. The van der Waals surface area contributed by atoms with E-state index in [-0.39, 0.29) is 11.7 Å².